The lowest BCUT2D eigenvalue weighted by atomic mass is 10.0. The van der Waals surface area contributed by atoms with Crippen LogP contribution >= 0.6 is 11.3 Å². The van der Waals surface area contributed by atoms with Crippen LogP contribution in [0.4, 0.5) is 8.78 Å². The molecule has 1 N–H and O–H groups in total. The van der Waals surface area contributed by atoms with E-state index in [0.29, 0.717) is 36.7 Å². The molecule has 190 valence electrons. The lowest BCUT2D eigenvalue weighted by Gasteiger charge is -2.15. The van der Waals surface area contributed by atoms with Crippen molar-refractivity contribution in [1.29, 1.82) is 0 Å². The highest BCUT2D eigenvalue weighted by atomic mass is 32.1. The van der Waals surface area contributed by atoms with Gasteiger partial charge in [-0.15, -0.1) is 11.3 Å². The number of hydrogen-bond donors (Lipinski definition) is 1. The number of amides is 1. The third-order valence-electron chi connectivity index (χ3n) is 6.74. The van der Waals surface area contributed by atoms with E-state index in [4.69, 9.17) is 4.74 Å². The zero-order valence-electron chi connectivity index (χ0n) is 20.0. The van der Waals surface area contributed by atoms with Gasteiger partial charge in [-0.2, -0.15) is 5.10 Å². The van der Waals surface area contributed by atoms with Gasteiger partial charge in [0, 0.05) is 41.6 Å². The Bertz CT molecular complexity index is 1460. The first-order chi connectivity index (χ1) is 18.1. The Balaban J connectivity index is 1.26. The summed E-state index contributed by atoms with van der Waals surface area (Å²) in [4.78, 5) is 21.3. The maximum atomic E-state index is 14.5. The SMILES string of the molecule is O=C(NCCN1CCCC1)c1ccc2c(c1)OCCc1cc(-c3ncnn3-c3ccc(F)cc3F)sc1-2. The van der Waals surface area contributed by atoms with Gasteiger partial charge in [0.15, 0.2) is 11.6 Å². The van der Waals surface area contributed by atoms with Gasteiger partial charge in [0.25, 0.3) is 5.91 Å². The number of rotatable bonds is 6. The number of aromatic nitrogens is 3. The van der Waals surface area contributed by atoms with Crippen LogP contribution in [0.1, 0.15) is 28.8 Å². The van der Waals surface area contributed by atoms with Gasteiger partial charge in [-0.05, 0) is 67.9 Å². The smallest absolute Gasteiger partial charge is 0.251 e. The fourth-order valence-corrected chi connectivity index (χ4v) is 6.09. The minimum atomic E-state index is -0.713. The van der Waals surface area contributed by atoms with E-state index < -0.39 is 11.6 Å². The van der Waals surface area contributed by atoms with E-state index in [1.165, 1.54) is 47.3 Å². The summed E-state index contributed by atoms with van der Waals surface area (Å²) in [5.74, 6) is -0.348. The van der Waals surface area contributed by atoms with Crippen LogP contribution < -0.4 is 10.1 Å². The minimum absolute atomic E-state index is 0.114. The number of nitrogens with one attached hydrogen (secondary N) is 1. The zero-order valence-corrected chi connectivity index (χ0v) is 20.9. The molecule has 0 bridgehead atoms. The highest BCUT2D eigenvalue weighted by Gasteiger charge is 2.23. The lowest BCUT2D eigenvalue weighted by Crippen LogP contribution is -2.33. The van der Waals surface area contributed by atoms with Crippen LogP contribution in [0, 0.1) is 11.6 Å². The molecule has 1 fully saturated rings. The van der Waals surface area contributed by atoms with Crippen LogP contribution in [0.25, 0.3) is 26.8 Å². The fraction of sp³-hybridized carbons (Fsp3) is 0.296. The number of benzene rings is 2. The molecule has 4 aromatic rings. The van der Waals surface area contributed by atoms with Gasteiger partial charge >= 0.3 is 0 Å². The van der Waals surface area contributed by atoms with Crippen molar-refractivity contribution >= 4 is 17.2 Å². The molecule has 0 spiro atoms. The van der Waals surface area contributed by atoms with Crippen LogP contribution in [0.15, 0.2) is 48.8 Å². The molecule has 0 saturated carbocycles. The van der Waals surface area contributed by atoms with Crippen molar-refractivity contribution in [3.8, 4) is 32.6 Å². The standard InChI is InChI=1S/C27H25F2N5O2S/c28-19-4-6-22(21(29)15-19)34-26(31-16-32-34)24-14-17-7-12-36-23-13-18(3-5-20(23)25(17)37-24)27(35)30-8-11-33-9-1-2-10-33/h3-6,13-16H,1-2,7-12H2,(H,30,35). The molecule has 2 aliphatic heterocycles. The van der Waals surface area contributed by atoms with Gasteiger partial charge in [0.2, 0.25) is 0 Å². The average Bonchev–Trinajstić information content (AvgIpc) is 3.64. The van der Waals surface area contributed by atoms with E-state index in [1.807, 2.05) is 18.2 Å². The van der Waals surface area contributed by atoms with Crippen molar-refractivity contribution in [2.24, 2.45) is 0 Å². The van der Waals surface area contributed by atoms with E-state index in [1.54, 1.807) is 6.07 Å². The topological polar surface area (TPSA) is 72.3 Å². The van der Waals surface area contributed by atoms with Gasteiger partial charge in [-0.1, -0.05) is 0 Å². The molecule has 2 aromatic carbocycles. The summed E-state index contributed by atoms with van der Waals surface area (Å²) in [6.45, 7) is 4.15. The Labute approximate surface area is 216 Å². The van der Waals surface area contributed by atoms with E-state index in [-0.39, 0.29) is 11.6 Å². The molecular formula is C27H25F2N5O2S. The van der Waals surface area contributed by atoms with Gasteiger partial charge in [-0.25, -0.2) is 18.4 Å². The minimum Gasteiger partial charge on any atom is -0.493 e. The Morgan fingerprint density at radius 3 is 2.81 bits per heavy atom. The normalized spacial score (nSPS) is 15.1. The third kappa shape index (κ3) is 4.74. The first kappa shape index (κ1) is 23.7. The number of halogens is 2. The lowest BCUT2D eigenvalue weighted by molar-refractivity contribution is 0.0949. The predicted octanol–water partition coefficient (Wildman–Crippen LogP) is 4.70. The highest BCUT2D eigenvalue weighted by Crippen LogP contribution is 2.44. The van der Waals surface area contributed by atoms with Gasteiger partial charge < -0.3 is 15.0 Å². The average molecular weight is 522 g/mol. The molecule has 10 heteroatoms. The van der Waals surface area contributed by atoms with Crippen molar-refractivity contribution < 1.29 is 18.3 Å². The summed E-state index contributed by atoms with van der Waals surface area (Å²) in [6.07, 6.45) is 4.49. The zero-order chi connectivity index (χ0) is 25.4. The van der Waals surface area contributed by atoms with Crippen molar-refractivity contribution in [3.05, 3.63) is 71.6 Å². The molecule has 0 aliphatic carbocycles. The largest absolute Gasteiger partial charge is 0.493 e. The number of likely N-dealkylation sites (tertiary alicyclic amines) is 1. The van der Waals surface area contributed by atoms with E-state index in [0.717, 1.165) is 46.6 Å². The predicted molar refractivity (Wildman–Crippen MR) is 137 cm³/mol. The summed E-state index contributed by atoms with van der Waals surface area (Å²) in [6, 6.07) is 10.9. The molecule has 4 heterocycles. The van der Waals surface area contributed by atoms with Gasteiger partial charge in [0.05, 0.1) is 11.5 Å². The monoisotopic (exact) mass is 521 g/mol. The van der Waals surface area contributed by atoms with Crippen molar-refractivity contribution in [3.63, 3.8) is 0 Å². The number of ether oxygens (including phenoxy) is 1. The number of carbonyl (C=O) groups excluding carboxylic acids is 1. The summed E-state index contributed by atoms with van der Waals surface area (Å²) in [5, 5.41) is 7.19. The summed E-state index contributed by atoms with van der Waals surface area (Å²) < 4.78 is 35.3. The molecule has 6 rings (SSSR count). The second-order valence-corrected chi connectivity index (χ2v) is 10.2. The third-order valence-corrected chi connectivity index (χ3v) is 7.95. The molecule has 0 unspecified atom stereocenters. The number of fused-ring (bicyclic) bond motifs is 3. The Kier molecular flexibility index (Phi) is 6.43. The van der Waals surface area contributed by atoms with Crippen LogP contribution in [-0.4, -0.2) is 58.4 Å². The first-order valence-electron chi connectivity index (χ1n) is 12.3. The number of carbonyl (C=O) groups is 1. The number of thiophene rings is 1. The second-order valence-electron chi connectivity index (χ2n) is 9.17. The van der Waals surface area contributed by atoms with Crippen molar-refractivity contribution in [2.45, 2.75) is 19.3 Å². The Hall–Kier alpha value is -3.63. The quantitative estimate of drug-likeness (QED) is 0.398. The van der Waals surface area contributed by atoms with Crippen LogP contribution in [0.3, 0.4) is 0 Å². The molecule has 2 aliphatic rings. The van der Waals surface area contributed by atoms with Crippen molar-refractivity contribution in [1.82, 2.24) is 25.0 Å². The number of hydrogen-bond acceptors (Lipinski definition) is 6. The van der Waals surface area contributed by atoms with Crippen LogP contribution in [-0.2, 0) is 6.42 Å². The molecule has 1 saturated heterocycles. The van der Waals surface area contributed by atoms with Crippen LogP contribution in [0.5, 0.6) is 5.75 Å². The maximum absolute atomic E-state index is 14.5. The van der Waals surface area contributed by atoms with Crippen molar-refractivity contribution in [2.75, 3.05) is 32.8 Å². The molecular weight excluding hydrogens is 496 g/mol. The van der Waals surface area contributed by atoms with Gasteiger partial charge in [-0.3, -0.25) is 4.79 Å². The molecule has 37 heavy (non-hydrogen) atoms. The summed E-state index contributed by atoms with van der Waals surface area (Å²) in [5.41, 5.74) is 2.67. The first-order valence-corrected chi connectivity index (χ1v) is 13.1. The number of nitrogens with zero attached hydrogens (tertiary/aromatic N) is 4. The maximum Gasteiger partial charge on any atom is 0.251 e. The Morgan fingerprint density at radius 2 is 1.97 bits per heavy atom. The van der Waals surface area contributed by atoms with E-state index in [9.17, 15) is 13.6 Å². The summed E-state index contributed by atoms with van der Waals surface area (Å²) >= 11 is 1.50. The second kappa shape index (κ2) is 10.0. The highest BCUT2D eigenvalue weighted by molar-refractivity contribution is 7.19. The summed E-state index contributed by atoms with van der Waals surface area (Å²) in [7, 11) is 0. The van der Waals surface area contributed by atoms with Gasteiger partial charge in [0.1, 0.15) is 23.6 Å². The molecule has 7 nitrogen and oxygen atoms in total. The van der Waals surface area contributed by atoms with E-state index in [2.05, 4.69) is 20.3 Å². The Morgan fingerprint density at radius 1 is 1.11 bits per heavy atom. The molecule has 0 radical (unpaired) electrons. The fourth-order valence-electron chi connectivity index (χ4n) is 4.87. The van der Waals surface area contributed by atoms with Crippen LogP contribution in [0.2, 0.25) is 0 Å². The molecule has 0 atom stereocenters. The van der Waals surface area contributed by atoms with E-state index >= 15 is 0 Å². The molecule has 2 aromatic heterocycles. The molecule has 1 amide bonds.